The first kappa shape index (κ1) is 16.8. The first-order valence-corrected chi connectivity index (χ1v) is 6.02. The smallest absolute Gasteiger partial charge is 0.328 e. The van der Waals surface area contributed by atoms with Crippen LogP contribution in [-0.2, 0) is 9.53 Å². The Labute approximate surface area is 119 Å². The SMILES string of the molecule is CCOC(=O)C(C)NC(=O)c1cc(F)c(F)c(OC)c1F. The number of halogens is 3. The van der Waals surface area contributed by atoms with E-state index in [2.05, 4.69) is 14.8 Å². The van der Waals surface area contributed by atoms with Crippen LogP contribution in [0.3, 0.4) is 0 Å². The van der Waals surface area contributed by atoms with Crippen molar-refractivity contribution in [2.24, 2.45) is 0 Å². The van der Waals surface area contributed by atoms with Crippen molar-refractivity contribution in [2.45, 2.75) is 19.9 Å². The lowest BCUT2D eigenvalue weighted by Crippen LogP contribution is -2.40. The van der Waals surface area contributed by atoms with Gasteiger partial charge >= 0.3 is 5.97 Å². The molecule has 0 fully saturated rings. The maximum Gasteiger partial charge on any atom is 0.328 e. The second-order valence-corrected chi connectivity index (χ2v) is 4.01. The van der Waals surface area contributed by atoms with E-state index in [1.165, 1.54) is 6.92 Å². The summed E-state index contributed by atoms with van der Waals surface area (Å²) in [4.78, 5) is 23.2. The zero-order valence-corrected chi connectivity index (χ0v) is 11.6. The summed E-state index contributed by atoms with van der Waals surface area (Å²) in [5.41, 5.74) is -0.776. The summed E-state index contributed by atoms with van der Waals surface area (Å²) >= 11 is 0. The van der Waals surface area contributed by atoms with Crippen molar-refractivity contribution < 1.29 is 32.2 Å². The molecule has 1 aromatic carbocycles. The zero-order valence-electron chi connectivity index (χ0n) is 11.6. The molecule has 0 saturated carbocycles. The maximum absolute atomic E-state index is 13.9. The van der Waals surface area contributed by atoms with Gasteiger partial charge in [0.05, 0.1) is 19.3 Å². The lowest BCUT2D eigenvalue weighted by molar-refractivity contribution is -0.144. The molecule has 0 aliphatic carbocycles. The Kier molecular flexibility index (Phi) is 5.57. The lowest BCUT2D eigenvalue weighted by Gasteiger charge is -2.14. The van der Waals surface area contributed by atoms with Gasteiger partial charge in [-0.25, -0.2) is 13.6 Å². The van der Waals surface area contributed by atoms with Crippen molar-refractivity contribution in [3.63, 3.8) is 0 Å². The topological polar surface area (TPSA) is 64.6 Å². The molecule has 1 rings (SSSR count). The van der Waals surface area contributed by atoms with Gasteiger partial charge in [0, 0.05) is 0 Å². The van der Waals surface area contributed by atoms with E-state index in [4.69, 9.17) is 0 Å². The molecule has 1 unspecified atom stereocenters. The van der Waals surface area contributed by atoms with Crippen molar-refractivity contribution in [1.82, 2.24) is 5.32 Å². The number of hydrogen-bond acceptors (Lipinski definition) is 4. The third-order valence-electron chi connectivity index (χ3n) is 2.55. The van der Waals surface area contributed by atoms with Crippen LogP contribution in [0.25, 0.3) is 0 Å². The summed E-state index contributed by atoms with van der Waals surface area (Å²) in [5, 5.41) is 2.12. The van der Waals surface area contributed by atoms with Crippen molar-refractivity contribution in [3.05, 3.63) is 29.1 Å². The van der Waals surface area contributed by atoms with Crippen LogP contribution in [0.4, 0.5) is 13.2 Å². The van der Waals surface area contributed by atoms with E-state index in [9.17, 15) is 22.8 Å². The molecule has 5 nitrogen and oxygen atoms in total. The summed E-state index contributed by atoms with van der Waals surface area (Å²) in [5.74, 6) is -7.17. The van der Waals surface area contributed by atoms with Gasteiger partial charge in [-0.15, -0.1) is 0 Å². The quantitative estimate of drug-likeness (QED) is 0.665. The van der Waals surface area contributed by atoms with Crippen LogP contribution in [0.15, 0.2) is 6.07 Å². The second kappa shape index (κ2) is 6.96. The lowest BCUT2D eigenvalue weighted by atomic mass is 10.1. The Hall–Kier alpha value is -2.25. The van der Waals surface area contributed by atoms with E-state index in [1.807, 2.05) is 0 Å². The van der Waals surface area contributed by atoms with E-state index < -0.39 is 46.7 Å². The number of hydrogen-bond donors (Lipinski definition) is 1. The van der Waals surface area contributed by atoms with E-state index >= 15 is 0 Å². The van der Waals surface area contributed by atoms with Gasteiger partial charge in [-0.05, 0) is 19.9 Å². The molecule has 116 valence electrons. The molecular formula is C13H14F3NO4. The molecule has 21 heavy (non-hydrogen) atoms. The maximum atomic E-state index is 13.9. The molecule has 1 N–H and O–H groups in total. The molecular weight excluding hydrogens is 291 g/mol. The summed E-state index contributed by atoms with van der Waals surface area (Å²) in [7, 11) is 0.934. The van der Waals surface area contributed by atoms with Crippen molar-refractivity contribution >= 4 is 11.9 Å². The number of amides is 1. The van der Waals surface area contributed by atoms with Gasteiger partial charge < -0.3 is 14.8 Å². The number of benzene rings is 1. The minimum atomic E-state index is -1.54. The third-order valence-corrected chi connectivity index (χ3v) is 2.55. The Morgan fingerprint density at radius 2 is 1.90 bits per heavy atom. The van der Waals surface area contributed by atoms with E-state index in [-0.39, 0.29) is 6.61 Å². The number of methoxy groups -OCH3 is 1. The summed E-state index contributed by atoms with van der Waals surface area (Å²) in [6.45, 7) is 2.99. The monoisotopic (exact) mass is 305 g/mol. The molecule has 0 radical (unpaired) electrons. The highest BCUT2D eigenvalue weighted by Crippen LogP contribution is 2.26. The minimum absolute atomic E-state index is 0.104. The van der Waals surface area contributed by atoms with Crippen LogP contribution >= 0.6 is 0 Å². The fraction of sp³-hybridized carbons (Fsp3) is 0.385. The molecule has 0 aliphatic heterocycles. The van der Waals surface area contributed by atoms with Crippen LogP contribution in [0.5, 0.6) is 5.75 Å². The van der Waals surface area contributed by atoms with Crippen molar-refractivity contribution in [3.8, 4) is 5.75 Å². The molecule has 0 bridgehead atoms. The number of carbonyl (C=O) groups excluding carboxylic acids is 2. The van der Waals surface area contributed by atoms with Crippen LogP contribution in [-0.4, -0.2) is 31.6 Å². The highest BCUT2D eigenvalue weighted by atomic mass is 19.2. The van der Waals surface area contributed by atoms with Crippen LogP contribution in [0, 0.1) is 17.5 Å². The summed E-state index contributed by atoms with van der Waals surface area (Å²) < 4.78 is 49.4. The number of rotatable bonds is 5. The van der Waals surface area contributed by atoms with Crippen LogP contribution in [0.1, 0.15) is 24.2 Å². The molecule has 0 spiro atoms. The molecule has 8 heteroatoms. The van der Waals surface area contributed by atoms with Gasteiger partial charge in [0.1, 0.15) is 6.04 Å². The van der Waals surface area contributed by atoms with E-state index in [1.54, 1.807) is 6.92 Å². The number of carbonyl (C=O) groups is 2. The normalized spacial score (nSPS) is 11.7. The third kappa shape index (κ3) is 3.65. The van der Waals surface area contributed by atoms with Gasteiger partial charge in [-0.1, -0.05) is 0 Å². The van der Waals surface area contributed by atoms with Gasteiger partial charge in [0.2, 0.25) is 5.82 Å². The predicted molar refractivity (Wildman–Crippen MR) is 66.4 cm³/mol. The zero-order chi connectivity index (χ0) is 16.2. The molecule has 0 aliphatic rings. The van der Waals surface area contributed by atoms with E-state index in [0.29, 0.717) is 6.07 Å². The Morgan fingerprint density at radius 1 is 1.29 bits per heavy atom. The first-order chi connectivity index (χ1) is 9.83. The highest BCUT2D eigenvalue weighted by Gasteiger charge is 2.25. The number of esters is 1. The Balaban J connectivity index is 3.03. The Bertz CT molecular complexity index is 563. The standard InChI is InChI=1S/C13H14F3NO4/c1-4-21-13(19)6(2)17-12(18)7-5-8(14)10(16)11(20-3)9(7)15/h5-6H,4H2,1-3H3,(H,17,18). The van der Waals surface area contributed by atoms with Gasteiger partial charge in [-0.2, -0.15) is 4.39 Å². The number of ether oxygens (including phenoxy) is 2. The summed E-state index contributed by atoms with van der Waals surface area (Å²) in [6.07, 6.45) is 0. The highest BCUT2D eigenvalue weighted by molar-refractivity contribution is 5.97. The molecule has 0 aromatic heterocycles. The average molecular weight is 305 g/mol. The summed E-state index contributed by atoms with van der Waals surface area (Å²) in [6, 6.07) is -0.684. The molecule has 1 aromatic rings. The van der Waals surface area contributed by atoms with Crippen LogP contribution in [0.2, 0.25) is 0 Å². The minimum Gasteiger partial charge on any atom is -0.491 e. The largest absolute Gasteiger partial charge is 0.491 e. The van der Waals surface area contributed by atoms with Crippen molar-refractivity contribution in [1.29, 1.82) is 0 Å². The average Bonchev–Trinajstić information content (AvgIpc) is 2.43. The predicted octanol–water partition coefficient (Wildman–Crippen LogP) is 1.79. The van der Waals surface area contributed by atoms with Gasteiger partial charge in [0.25, 0.3) is 5.91 Å². The van der Waals surface area contributed by atoms with Gasteiger partial charge in [0.15, 0.2) is 17.4 Å². The number of nitrogens with one attached hydrogen (secondary N) is 1. The van der Waals surface area contributed by atoms with E-state index in [0.717, 1.165) is 7.11 Å². The van der Waals surface area contributed by atoms with Crippen molar-refractivity contribution in [2.75, 3.05) is 13.7 Å². The van der Waals surface area contributed by atoms with Crippen LogP contribution < -0.4 is 10.1 Å². The molecule has 0 heterocycles. The fourth-order valence-electron chi connectivity index (χ4n) is 1.53. The molecule has 1 amide bonds. The first-order valence-electron chi connectivity index (χ1n) is 6.02. The van der Waals surface area contributed by atoms with Gasteiger partial charge in [-0.3, -0.25) is 4.79 Å². The molecule has 1 atom stereocenters. The fourth-order valence-corrected chi connectivity index (χ4v) is 1.53. The Morgan fingerprint density at radius 3 is 2.43 bits per heavy atom. The molecule has 0 saturated heterocycles. The second-order valence-electron chi connectivity index (χ2n) is 4.01.